The highest BCUT2D eigenvalue weighted by atomic mass is 32.2. The number of halogens is 1. The Morgan fingerprint density at radius 2 is 1.76 bits per heavy atom. The van der Waals surface area contributed by atoms with Gasteiger partial charge in [0.25, 0.3) is 0 Å². The van der Waals surface area contributed by atoms with Crippen molar-refractivity contribution >= 4 is 11.8 Å². The molecule has 0 bridgehead atoms. The molecule has 0 aromatic heterocycles. The lowest BCUT2D eigenvalue weighted by Crippen LogP contribution is -2.31. The Kier molecular flexibility index (Phi) is 10.6. The minimum atomic E-state index is -0.0997. The second-order valence-electron chi connectivity index (χ2n) is 5.55. The van der Waals surface area contributed by atoms with Gasteiger partial charge in [-0.1, -0.05) is 64.5 Å². The lowest BCUT2D eigenvalue weighted by molar-refractivity contribution is 0.494. The molecule has 1 N–H and O–H groups in total. The summed E-state index contributed by atoms with van der Waals surface area (Å²) < 4.78 is 13.6. The summed E-state index contributed by atoms with van der Waals surface area (Å²) in [5, 5.41) is 3.53. The van der Waals surface area contributed by atoms with E-state index in [0.29, 0.717) is 6.04 Å². The number of nitrogens with one attached hydrogen (secondary N) is 1. The summed E-state index contributed by atoms with van der Waals surface area (Å²) in [6, 6.07) is 7.55. The third-order valence-corrected chi connectivity index (χ3v) is 4.89. The first-order valence-corrected chi connectivity index (χ1v) is 9.37. The van der Waals surface area contributed by atoms with Crippen LogP contribution in [0.1, 0.15) is 58.8 Å². The van der Waals surface area contributed by atoms with E-state index in [4.69, 9.17) is 0 Å². The third kappa shape index (κ3) is 8.47. The highest BCUT2D eigenvalue weighted by Gasteiger charge is 2.09. The molecule has 0 aliphatic carbocycles. The topological polar surface area (TPSA) is 12.0 Å². The third-order valence-electron chi connectivity index (χ3n) is 3.68. The van der Waals surface area contributed by atoms with Gasteiger partial charge in [0.2, 0.25) is 0 Å². The average Bonchev–Trinajstić information content (AvgIpc) is 2.49. The fourth-order valence-corrected chi connectivity index (χ4v) is 3.50. The van der Waals surface area contributed by atoms with E-state index >= 15 is 0 Å². The van der Waals surface area contributed by atoms with E-state index in [1.54, 1.807) is 17.8 Å². The molecule has 21 heavy (non-hydrogen) atoms. The van der Waals surface area contributed by atoms with Crippen molar-refractivity contribution in [2.24, 2.45) is 0 Å². The van der Waals surface area contributed by atoms with Crippen molar-refractivity contribution in [3.8, 4) is 0 Å². The lowest BCUT2D eigenvalue weighted by Gasteiger charge is -2.17. The number of hydrogen-bond acceptors (Lipinski definition) is 2. The zero-order chi connectivity index (χ0) is 15.3. The van der Waals surface area contributed by atoms with Crippen LogP contribution in [0.15, 0.2) is 29.2 Å². The number of unbranched alkanes of at least 4 members (excludes halogenated alkanes) is 5. The first-order valence-electron chi connectivity index (χ1n) is 8.38. The Bertz CT molecular complexity index is 370. The molecular formula is C18H30FNS. The predicted molar refractivity (Wildman–Crippen MR) is 92.6 cm³/mol. The molecule has 0 aliphatic rings. The van der Waals surface area contributed by atoms with Crippen molar-refractivity contribution in [3.05, 3.63) is 30.1 Å². The van der Waals surface area contributed by atoms with Gasteiger partial charge in [0.15, 0.2) is 0 Å². The maximum atomic E-state index is 13.6. The number of hydrogen-bond donors (Lipinski definition) is 1. The van der Waals surface area contributed by atoms with Gasteiger partial charge in [0, 0.05) is 16.7 Å². The van der Waals surface area contributed by atoms with Crippen LogP contribution in [0.5, 0.6) is 0 Å². The van der Waals surface area contributed by atoms with Crippen LogP contribution in [0, 0.1) is 5.82 Å². The van der Waals surface area contributed by atoms with Crippen molar-refractivity contribution in [1.82, 2.24) is 5.32 Å². The summed E-state index contributed by atoms with van der Waals surface area (Å²) in [6.45, 7) is 5.38. The molecule has 0 amide bonds. The van der Waals surface area contributed by atoms with Gasteiger partial charge in [0.1, 0.15) is 5.82 Å². The highest BCUT2D eigenvalue weighted by Crippen LogP contribution is 2.23. The van der Waals surface area contributed by atoms with Gasteiger partial charge in [0.05, 0.1) is 0 Å². The quantitative estimate of drug-likeness (QED) is 0.395. The predicted octanol–water partition coefficient (Wildman–Crippen LogP) is 5.65. The van der Waals surface area contributed by atoms with Crippen molar-refractivity contribution in [3.63, 3.8) is 0 Å². The van der Waals surface area contributed by atoms with Crippen molar-refractivity contribution in [1.29, 1.82) is 0 Å². The monoisotopic (exact) mass is 311 g/mol. The first kappa shape index (κ1) is 18.5. The summed E-state index contributed by atoms with van der Waals surface area (Å²) in [5.41, 5.74) is 0. The molecule has 0 saturated heterocycles. The smallest absolute Gasteiger partial charge is 0.136 e. The SMILES string of the molecule is CCCCCCCCC(CSc1ccccc1F)NCC. The average molecular weight is 312 g/mol. The number of rotatable bonds is 12. The lowest BCUT2D eigenvalue weighted by atomic mass is 10.1. The fraction of sp³-hybridized carbons (Fsp3) is 0.667. The van der Waals surface area contributed by atoms with Crippen LogP contribution in [0.4, 0.5) is 4.39 Å². The van der Waals surface area contributed by atoms with Crippen LogP contribution >= 0.6 is 11.8 Å². The van der Waals surface area contributed by atoms with Crippen molar-refractivity contribution in [2.75, 3.05) is 12.3 Å². The highest BCUT2D eigenvalue weighted by molar-refractivity contribution is 7.99. The molecule has 0 spiro atoms. The van der Waals surface area contributed by atoms with E-state index in [1.807, 2.05) is 12.1 Å². The summed E-state index contributed by atoms with van der Waals surface area (Å²) >= 11 is 1.63. The molecule has 1 atom stereocenters. The molecule has 0 aliphatic heterocycles. The summed E-state index contributed by atoms with van der Waals surface area (Å²) in [5.74, 6) is 0.848. The van der Waals surface area contributed by atoms with Gasteiger partial charge in [-0.05, 0) is 25.1 Å². The molecule has 1 aromatic carbocycles. The van der Waals surface area contributed by atoms with Gasteiger partial charge >= 0.3 is 0 Å². The van der Waals surface area contributed by atoms with Crippen molar-refractivity contribution < 1.29 is 4.39 Å². The minimum Gasteiger partial charge on any atom is -0.313 e. The zero-order valence-corrected chi connectivity index (χ0v) is 14.4. The summed E-state index contributed by atoms with van der Waals surface area (Å²) in [6.07, 6.45) is 9.19. The standard InChI is InChI=1S/C18H30FNS/c1-3-5-6-7-8-9-12-16(20-4-2)15-21-18-14-11-10-13-17(18)19/h10-11,13-14,16,20H,3-9,12,15H2,1-2H3. The van der Waals surface area contributed by atoms with Gasteiger partial charge in [-0.2, -0.15) is 0 Å². The zero-order valence-electron chi connectivity index (χ0n) is 13.5. The fourth-order valence-electron chi connectivity index (χ4n) is 2.46. The van der Waals surface area contributed by atoms with Gasteiger partial charge in [-0.25, -0.2) is 4.39 Å². The van der Waals surface area contributed by atoms with Crippen molar-refractivity contribution in [2.45, 2.75) is 69.7 Å². The second kappa shape index (κ2) is 12.0. The van der Waals surface area contributed by atoms with E-state index in [-0.39, 0.29) is 5.82 Å². The Morgan fingerprint density at radius 1 is 1.05 bits per heavy atom. The molecule has 0 heterocycles. The van der Waals surface area contributed by atoms with E-state index < -0.39 is 0 Å². The van der Waals surface area contributed by atoms with E-state index in [2.05, 4.69) is 19.2 Å². The van der Waals surface area contributed by atoms with Crippen LogP contribution in [0.2, 0.25) is 0 Å². The molecule has 1 rings (SSSR count). The largest absolute Gasteiger partial charge is 0.313 e. The van der Waals surface area contributed by atoms with Gasteiger partial charge in [-0.3, -0.25) is 0 Å². The Hall–Kier alpha value is -0.540. The first-order chi connectivity index (χ1) is 10.3. The molecule has 0 saturated carbocycles. The molecule has 120 valence electrons. The van der Waals surface area contributed by atoms with E-state index in [0.717, 1.165) is 17.2 Å². The minimum absolute atomic E-state index is 0.0997. The molecule has 1 unspecified atom stereocenters. The van der Waals surface area contributed by atoms with Crippen LogP contribution in [-0.2, 0) is 0 Å². The maximum absolute atomic E-state index is 13.6. The van der Waals surface area contributed by atoms with Gasteiger partial charge in [-0.15, -0.1) is 11.8 Å². The summed E-state index contributed by atoms with van der Waals surface area (Å²) in [4.78, 5) is 0.767. The van der Waals surface area contributed by atoms with E-state index in [9.17, 15) is 4.39 Å². The Balaban J connectivity index is 2.24. The number of thioether (sulfide) groups is 1. The Labute approximate surface area is 134 Å². The molecular weight excluding hydrogens is 281 g/mol. The molecule has 0 fully saturated rings. The van der Waals surface area contributed by atoms with Crippen LogP contribution in [0.25, 0.3) is 0 Å². The van der Waals surface area contributed by atoms with Crippen LogP contribution in [0.3, 0.4) is 0 Å². The van der Waals surface area contributed by atoms with E-state index in [1.165, 1.54) is 51.0 Å². The maximum Gasteiger partial charge on any atom is 0.136 e. The number of benzene rings is 1. The molecule has 0 radical (unpaired) electrons. The summed E-state index contributed by atoms with van der Waals surface area (Å²) in [7, 11) is 0. The second-order valence-corrected chi connectivity index (χ2v) is 6.61. The van der Waals surface area contributed by atoms with Crippen LogP contribution < -0.4 is 5.32 Å². The normalized spacial score (nSPS) is 12.5. The molecule has 1 aromatic rings. The van der Waals surface area contributed by atoms with Crippen LogP contribution in [-0.4, -0.2) is 18.3 Å². The van der Waals surface area contributed by atoms with Gasteiger partial charge < -0.3 is 5.32 Å². The Morgan fingerprint density at radius 3 is 2.48 bits per heavy atom. The molecule has 3 heteroatoms. The molecule has 1 nitrogen and oxygen atoms in total.